The van der Waals surface area contributed by atoms with Gasteiger partial charge in [-0.05, 0) is 35.9 Å². The van der Waals surface area contributed by atoms with Gasteiger partial charge in [-0.2, -0.15) is 0 Å². The first kappa shape index (κ1) is 18.6. The molecule has 0 aliphatic carbocycles. The van der Waals surface area contributed by atoms with Crippen molar-refractivity contribution in [3.05, 3.63) is 102 Å². The molecule has 1 aromatic heterocycles. The van der Waals surface area contributed by atoms with Gasteiger partial charge in [0.1, 0.15) is 0 Å². The van der Waals surface area contributed by atoms with Crippen molar-refractivity contribution in [1.29, 1.82) is 0 Å². The Morgan fingerprint density at radius 2 is 1.66 bits per heavy atom. The number of nitrogens with one attached hydrogen (secondary N) is 1. The number of nitrogens with zero attached hydrogens (tertiary/aromatic N) is 2. The van der Waals surface area contributed by atoms with E-state index in [0.717, 1.165) is 11.3 Å². The van der Waals surface area contributed by atoms with Crippen LogP contribution < -0.4 is 5.32 Å². The van der Waals surface area contributed by atoms with Crippen molar-refractivity contribution in [3.8, 4) is 0 Å². The van der Waals surface area contributed by atoms with Gasteiger partial charge in [0.15, 0.2) is 5.78 Å². The van der Waals surface area contributed by atoms with Gasteiger partial charge < -0.3 is 10.2 Å². The lowest BCUT2D eigenvalue weighted by Gasteiger charge is -2.33. The van der Waals surface area contributed by atoms with Crippen LogP contribution in [0, 0.1) is 0 Å². The summed E-state index contributed by atoms with van der Waals surface area (Å²) in [5.41, 5.74) is 2.91. The summed E-state index contributed by atoms with van der Waals surface area (Å²) in [6.07, 6.45) is 3.47. The Bertz CT molecular complexity index is 1020. The van der Waals surface area contributed by atoms with Gasteiger partial charge >= 0.3 is 6.03 Å². The largest absolute Gasteiger partial charge is 0.322 e. The van der Waals surface area contributed by atoms with Gasteiger partial charge in [-0.1, -0.05) is 54.6 Å². The summed E-state index contributed by atoms with van der Waals surface area (Å²) in [5.74, 6) is -0.368. The molecule has 5 heteroatoms. The first-order chi connectivity index (χ1) is 14.2. The lowest BCUT2D eigenvalue weighted by Crippen LogP contribution is -2.46. The lowest BCUT2D eigenvalue weighted by atomic mass is 9.86. The molecule has 1 atom stereocenters. The van der Waals surface area contributed by atoms with Crippen LogP contribution in [-0.2, 0) is 4.79 Å². The summed E-state index contributed by atoms with van der Waals surface area (Å²) in [6, 6.07) is 24.2. The van der Waals surface area contributed by atoms with Crippen molar-refractivity contribution in [2.45, 2.75) is 5.92 Å². The second kappa shape index (κ2) is 8.52. The van der Waals surface area contributed by atoms with Crippen molar-refractivity contribution in [3.63, 3.8) is 0 Å². The summed E-state index contributed by atoms with van der Waals surface area (Å²) in [6.45, 7) is 0.582. The number of hydrogen-bond acceptors (Lipinski definition) is 3. The lowest BCUT2D eigenvalue weighted by molar-refractivity contribution is -0.118. The summed E-state index contributed by atoms with van der Waals surface area (Å²) in [7, 11) is 0. The Labute approximate surface area is 169 Å². The summed E-state index contributed by atoms with van der Waals surface area (Å²) < 4.78 is 0. The second-order valence-electron chi connectivity index (χ2n) is 6.93. The van der Waals surface area contributed by atoms with Crippen LogP contribution in [0.1, 0.15) is 17.2 Å². The Hall–Kier alpha value is -3.73. The minimum absolute atomic E-state index is 0.0330. The molecule has 3 aromatic rings. The number of pyridine rings is 1. The maximum Gasteiger partial charge on any atom is 0.322 e. The number of aromatic nitrogens is 1. The van der Waals surface area contributed by atoms with Crippen LogP contribution >= 0.6 is 0 Å². The molecule has 2 amide bonds. The van der Waals surface area contributed by atoms with Gasteiger partial charge in [0.2, 0.25) is 0 Å². The molecule has 1 aliphatic heterocycles. The minimum atomic E-state index is -0.401. The molecule has 1 aliphatic rings. The molecule has 29 heavy (non-hydrogen) atoms. The van der Waals surface area contributed by atoms with Crippen LogP contribution in [-0.4, -0.2) is 34.8 Å². The number of carbonyl (C=O) groups excluding carboxylic acids is 2. The third kappa shape index (κ3) is 4.41. The van der Waals surface area contributed by atoms with Gasteiger partial charge in [0.05, 0.1) is 18.2 Å². The van der Waals surface area contributed by atoms with E-state index in [9.17, 15) is 9.59 Å². The fourth-order valence-electron chi connectivity index (χ4n) is 3.45. The number of amides is 2. The normalized spacial score (nSPS) is 17.9. The van der Waals surface area contributed by atoms with Gasteiger partial charge in [-0.3, -0.25) is 9.78 Å². The molecule has 0 spiro atoms. The number of anilines is 1. The smallest absolute Gasteiger partial charge is 0.319 e. The topological polar surface area (TPSA) is 62.3 Å². The van der Waals surface area contributed by atoms with Crippen molar-refractivity contribution < 1.29 is 9.59 Å². The maximum absolute atomic E-state index is 13.2. The van der Waals surface area contributed by atoms with Gasteiger partial charge in [-0.15, -0.1) is 0 Å². The molecule has 1 N–H and O–H groups in total. The molecule has 5 nitrogen and oxygen atoms in total. The Morgan fingerprint density at radius 3 is 2.34 bits per heavy atom. The summed E-state index contributed by atoms with van der Waals surface area (Å²) >= 11 is 0. The number of rotatable bonds is 3. The van der Waals surface area contributed by atoms with E-state index in [0.29, 0.717) is 17.8 Å². The van der Waals surface area contributed by atoms with Crippen LogP contribution in [0.5, 0.6) is 0 Å². The molecule has 0 bridgehead atoms. The zero-order valence-electron chi connectivity index (χ0n) is 15.9. The summed E-state index contributed by atoms with van der Waals surface area (Å²) in [4.78, 5) is 32.1. The highest BCUT2D eigenvalue weighted by atomic mass is 16.2. The highest BCUT2D eigenvalue weighted by Gasteiger charge is 2.34. The zero-order chi connectivity index (χ0) is 20.1. The van der Waals surface area contributed by atoms with Crippen LogP contribution in [0.2, 0.25) is 0 Å². The average Bonchev–Trinajstić information content (AvgIpc) is 2.77. The van der Waals surface area contributed by atoms with Crippen molar-refractivity contribution in [2.75, 3.05) is 18.4 Å². The first-order valence-corrected chi connectivity index (χ1v) is 9.52. The van der Waals surface area contributed by atoms with E-state index in [4.69, 9.17) is 0 Å². The zero-order valence-corrected chi connectivity index (χ0v) is 15.9. The van der Waals surface area contributed by atoms with E-state index in [2.05, 4.69) is 10.3 Å². The maximum atomic E-state index is 13.2. The molecule has 4 rings (SSSR count). The van der Waals surface area contributed by atoms with Crippen molar-refractivity contribution in [1.82, 2.24) is 9.88 Å². The van der Waals surface area contributed by atoms with Gasteiger partial charge in [-0.25, -0.2) is 4.79 Å². The molecule has 2 aromatic carbocycles. The third-order valence-corrected chi connectivity index (χ3v) is 4.92. The fraction of sp³-hybridized carbons (Fsp3) is 0.125. The van der Waals surface area contributed by atoms with Crippen LogP contribution in [0.4, 0.5) is 10.5 Å². The molecule has 0 saturated carbocycles. The predicted molar refractivity (Wildman–Crippen MR) is 113 cm³/mol. The monoisotopic (exact) mass is 383 g/mol. The Kier molecular flexibility index (Phi) is 5.47. The first-order valence-electron chi connectivity index (χ1n) is 9.52. The standard InChI is InChI=1S/C24H21N3O2/c28-23-19(15-21-13-7-8-14-25-21)16-27(17-22(23)18-9-3-1-4-10-18)24(29)26-20-11-5-2-6-12-20/h1-15,22H,16-17H2,(H,26,29). The van der Waals surface area contributed by atoms with Gasteiger partial charge in [0, 0.05) is 24.0 Å². The van der Waals surface area contributed by atoms with E-state index in [1.165, 1.54) is 0 Å². The van der Waals surface area contributed by atoms with Crippen molar-refractivity contribution in [2.24, 2.45) is 0 Å². The van der Waals surface area contributed by atoms with Crippen LogP contribution in [0.3, 0.4) is 0 Å². The summed E-state index contributed by atoms with van der Waals surface area (Å²) in [5, 5.41) is 2.92. The molecule has 1 saturated heterocycles. The predicted octanol–water partition coefficient (Wildman–Crippen LogP) is 4.37. The van der Waals surface area contributed by atoms with E-state index < -0.39 is 5.92 Å². The van der Waals surface area contributed by atoms with E-state index in [1.54, 1.807) is 17.2 Å². The fourth-order valence-corrected chi connectivity index (χ4v) is 3.45. The molecule has 2 heterocycles. The van der Waals surface area contributed by atoms with Crippen LogP contribution in [0.25, 0.3) is 6.08 Å². The SMILES string of the molecule is O=C1C(=Cc2ccccn2)CN(C(=O)Nc2ccccc2)CC1c1ccccc1. The number of benzene rings is 2. The van der Waals surface area contributed by atoms with E-state index in [1.807, 2.05) is 78.9 Å². The molecular formula is C24H21N3O2. The van der Waals surface area contributed by atoms with Crippen molar-refractivity contribution >= 4 is 23.6 Å². The minimum Gasteiger partial charge on any atom is -0.319 e. The second-order valence-corrected chi connectivity index (χ2v) is 6.93. The number of Topliss-reactive ketones (excluding diaryl/α,β-unsaturated/α-hetero) is 1. The number of urea groups is 1. The number of likely N-dealkylation sites (tertiary alicyclic amines) is 1. The molecule has 144 valence electrons. The number of para-hydroxylation sites is 1. The quantitative estimate of drug-likeness (QED) is 0.684. The number of hydrogen-bond donors (Lipinski definition) is 1. The van der Waals surface area contributed by atoms with Crippen LogP contribution in [0.15, 0.2) is 90.6 Å². The third-order valence-electron chi connectivity index (χ3n) is 4.92. The number of piperidine rings is 1. The highest BCUT2D eigenvalue weighted by Crippen LogP contribution is 2.28. The Morgan fingerprint density at radius 1 is 0.966 bits per heavy atom. The molecule has 1 unspecified atom stereocenters. The Balaban J connectivity index is 1.64. The van der Waals surface area contributed by atoms with E-state index >= 15 is 0 Å². The molecule has 1 fully saturated rings. The van der Waals surface area contributed by atoms with E-state index in [-0.39, 0.29) is 18.4 Å². The number of ketones is 1. The molecular weight excluding hydrogens is 362 g/mol. The highest BCUT2D eigenvalue weighted by molar-refractivity contribution is 6.06. The van der Waals surface area contributed by atoms with Gasteiger partial charge in [0.25, 0.3) is 0 Å². The molecule has 0 radical (unpaired) electrons. The average molecular weight is 383 g/mol. The number of carbonyl (C=O) groups is 2.